The molecule has 0 aromatic carbocycles. The van der Waals surface area contributed by atoms with Gasteiger partial charge in [-0.3, -0.25) is 18.2 Å². The van der Waals surface area contributed by atoms with Gasteiger partial charge < -0.3 is 39.4 Å². The largest absolute Gasteiger partial charge is 0.472 e. The molecule has 7 rings (SSSR count). The van der Waals surface area contributed by atoms with E-state index in [1.165, 1.54) is 46.1 Å². The first-order valence-electron chi connectivity index (χ1n) is 13.5. The number of imidazole rings is 2. The molecule has 2 aliphatic rings. The summed E-state index contributed by atoms with van der Waals surface area (Å²) in [6.07, 6.45) is -5.42. The lowest BCUT2D eigenvalue weighted by molar-refractivity contribution is -0.0544. The summed E-state index contributed by atoms with van der Waals surface area (Å²) in [4.78, 5) is 35.4. The second-order valence-corrected chi connectivity index (χ2v) is 12.4. The van der Waals surface area contributed by atoms with E-state index in [2.05, 4.69) is 35.0 Å². The lowest BCUT2D eigenvalue weighted by Gasteiger charge is -2.24. The molecule has 10 atom stereocenters. The average molecular weight is 685 g/mol. The van der Waals surface area contributed by atoms with Crippen LogP contribution in [0.4, 0.5) is 10.2 Å². The summed E-state index contributed by atoms with van der Waals surface area (Å²) in [7, 11) is -4.00. The normalized spacial score (nSPS) is 30.0. The van der Waals surface area contributed by atoms with Crippen LogP contribution in [0, 0.1) is 0 Å². The molecule has 2 unspecified atom stereocenters. The van der Waals surface area contributed by atoms with Crippen LogP contribution in [0.15, 0.2) is 31.6 Å². The van der Waals surface area contributed by atoms with Crippen molar-refractivity contribution in [3.8, 4) is 0 Å². The Morgan fingerprint density at radius 1 is 0.935 bits per heavy atom. The molecule has 5 aromatic heterocycles. The Hall–Kier alpha value is -3.40. The maximum Gasteiger partial charge on any atom is 0.472 e. The Morgan fingerprint density at radius 2 is 1.65 bits per heavy atom. The first kappa shape index (κ1) is 31.2. The molecule has 0 aliphatic carbocycles. The summed E-state index contributed by atoms with van der Waals surface area (Å²) < 4.78 is 64.8. The number of fused-ring (bicyclic) bond motifs is 4. The second kappa shape index (κ2) is 12.3. The lowest BCUT2D eigenvalue weighted by Crippen LogP contribution is -2.36. The monoisotopic (exact) mass is 685 g/mol. The van der Waals surface area contributed by atoms with Crippen LogP contribution < -0.4 is 5.73 Å². The van der Waals surface area contributed by atoms with E-state index >= 15 is 4.39 Å². The molecule has 0 saturated carbocycles. The molecule has 2 saturated heterocycles. The number of ether oxygens (including phenoxy) is 2. The molecule has 5 N–H and O–H groups in total. The molecule has 246 valence electrons. The van der Waals surface area contributed by atoms with E-state index < -0.39 is 72.6 Å². The van der Waals surface area contributed by atoms with Crippen molar-refractivity contribution >= 4 is 50.7 Å². The summed E-state index contributed by atoms with van der Waals surface area (Å²) in [5, 5.41) is 25.8. The van der Waals surface area contributed by atoms with Gasteiger partial charge in [-0.15, -0.1) is 0 Å². The highest BCUT2D eigenvalue weighted by atomic mass is 31.2. The highest BCUT2D eigenvalue weighted by molar-refractivity contribution is 7.47. The Kier molecular flexibility index (Phi) is 8.36. The minimum Gasteiger partial charge on any atom is -0.387 e. The van der Waals surface area contributed by atoms with Crippen LogP contribution in [0.3, 0.4) is 0 Å². The number of hydrogen-bond donors (Lipinski definition) is 4. The molecule has 0 spiro atoms. The van der Waals surface area contributed by atoms with Crippen LogP contribution in [0.2, 0.25) is 0 Å². The third kappa shape index (κ3) is 5.50. The fraction of sp³-hybridized carbons (Fsp3) is 0.500. The number of alkyl halides is 1. The van der Waals surface area contributed by atoms with Gasteiger partial charge >= 0.3 is 7.82 Å². The predicted molar refractivity (Wildman–Crippen MR) is 150 cm³/mol. The second-order valence-electron chi connectivity index (χ2n) is 10.2. The van der Waals surface area contributed by atoms with Crippen molar-refractivity contribution in [3.63, 3.8) is 0 Å². The van der Waals surface area contributed by atoms with E-state index in [-0.39, 0.29) is 29.2 Å². The van der Waals surface area contributed by atoms with Crippen LogP contribution in [0.5, 0.6) is 0 Å². The van der Waals surface area contributed by atoms with E-state index in [4.69, 9.17) is 33.3 Å². The summed E-state index contributed by atoms with van der Waals surface area (Å²) in [5.74, 6) is 0.0628. The standard InChI is InChI=1S/C22H26FN11O10P2/c1-39-45-40-2-10-16(15(36)22(43-10)33-7-29-13-19(33)30-8-34-20(13)27-5-31-34)44-46(37,38)41-3-9-14(35)11(23)21(42-9)32-6-28-12-17(24)25-4-26-18(12)32/h4-11,14-16,21-22,35-36,45H,2-3H2,1H3,(H,37,38)(H2,24,25,26)/t9-,10-,11-,14-,15-,16-,21-,22-/m1/s1. The molecular formula is C22H26FN11O10P2. The molecule has 46 heavy (non-hydrogen) atoms. The molecule has 5 aromatic rings. The number of nitrogens with zero attached hydrogens (tertiary/aromatic N) is 10. The zero-order valence-electron chi connectivity index (χ0n) is 23.5. The van der Waals surface area contributed by atoms with E-state index in [1.807, 2.05) is 0 Å². The van der Waals surface area contributed by atoms with Gasteiger partial charge in [0.05, 0.1) is 25.9 Å². The van der Waals surface area contributed by atoms with Crippen molar-refractivity contribution in [2.75, 3.05) is 26.1 Å². The third-order valence-corrected chi connectivity index (χ3v) is 8.86. The van der Waals surface area contributed by atoms with Gasteiger partial charge in [0.25, 0.3) is 0 Å². The quantitative estimate of drug-likeness (QED) is 0.100. The van der Waals surface area contributed by atoms with Crippen LogP contribution in [0.1, 0.15) is 12.5 Å². The van der Waals surface area contributed by atoms with Gasteiger partial charge in [0.15, 0.2) is 55.9 Å². The fourth-order valence-electron chi connectivity index (χ4n) is 5.30. The SMILES string of the molecule is COPOC[C@H]1O[C@@H](n2cnc3c2ncn2ncnc32)[C@H](O)[C@@H]1OP(=O)(O)OC[C@H]1O[C@@H](n2cnc3c(N)ncnc32)[C@H](F)[C@@H]1O. The van der Waals surface area contributed by atoms with Crippen LogP contribution in [-0.2, 0) is 32.1 Å². The van der Waals surface area contributed by atoms with E-state index in [1.54, 1.807) is 0 Å². The Labute approximate surface area is 258 Å². The van der Waals surface area contributed by atoms with Gasteiger partial charge in [-0.1, -0.05) is 0 Å². The molecule has 21 nitrogen and oxygen atoms in total. The van der Waals surface area contributed by atoms with Crippen LogP contribution in [0.25, 0.3) is 28.0 Å². The number of hydrogen-bond acceptors (Lipinski definition) is 17. The number of anilines is 1. The Morgan fingerprint density at radius 3 is 2.46 bits per heavy atom. The minimum atomic E-state index is -5.01. The molecular weight excluding hydrogens is 659 g/mol. The van der Waals surface area contributed by atoms with E-state index in [9.17, 15) is 19.7 Å². The molecule has 7 heterocycles. The summed E-state index contributed by atoms with van der Waals surface area (Å²) in [6.45, 7) is -0.971. The number of nitrogens with two attached hydrogens (primary N) is 1. The Balaban J connectivity index is 1.06. The van der Waals surface area contributed by atoms with Crippen LogP contribution in [-0.4, -0.2) is 121 Å². The highest BCUT2D eigenvalue weighted by Crippen LogP contribution is 2.49. The Bertz CT molecular complexity index is 1910. The van der Waals surface area contributed by atoms with Crippen molar-refractivity contribution < 1.29 is 51.6 Å². The van der Waals surface area contributed by atoms with Crippen LogP contribution >= 0.6 is 16.9 Å². The maximum absolute atomic E-state index is 15.2. The molecule has 0 bridgehead atoms. The molecule has 2 aliphatic heterocycles. The van der Waals surface area contributed by atoms with Gasteiger partial charge in [0.2, 0.25) is 0 Å². The first-order valence-corrected chi connectivity index (χ1v) is 15.8. The highest BCUT2D eigenvalue weighted by Gasteiger charge is 2.51. The average Bonchev–Trinajstić information content (AvgIpc) is 3.86. The van der Waals surface area contributed by atoms with Crippen molar-refractivity contribution in [2.24, 2.45) is 0 Å². The molecule has 0 radical (unpaired) electrons. The van der Waals surface area contributed by atoms with Gasteiger partial charge in [-0.2, -0.15) is 5.10 Å². The number of aliphatic hydroxyl groups is 2. The smallest absolute Gasteiger partial charge is 0.387 e. The molecule has 2 fully saturated rings. The van der Waals surface area contributed by atoms with Crippen molar-refractivity contribution in [2.45, 2.75) is 49.1 Å². The van der Waals surface area contributed by atoms with Crippen molar-refractivity contribution in [1.29, 1.82) is 0 Å². The van der Waals surface area contributed by atoms with Crippen molar-refractivity contribution in [1.82, 2.24) is 48.7 Å². The van der Waals surface area contributed by atoms with E-state index in [0.717, 1.165) is 6.33 Å². The summed E-state index contributed by atoms with van der Waals surface area (Å²) in [6, 6.07) is 0. The predicted octanol–water partition coefficient (Wildman–Crippen LogP) is -0.576. The van der Waals surface area contributed by atoms with Gasteiger partial charge in [-0.25, -0.2) is 43.4 Å². The topological polar surface area (TPSA) is 264 Å². The number of rotatable bonds is 11. The lowest BCUT2D eigenvalue weighted by atomic mass is 10.1. The summed E-state index contributed by atoms with van der Waals surface area (Å²) >= 11 is 0. The van der Waals surface area contributed by atoms with Gasteiger partial charge in [-0.05, 0) is 0 Å². The molecule has 24 heteroatoms. The maximum atomic E-state index is 15.2. The number of phosphoric ester groups is 1. The first-order chi connectivity index (χ1) is 22.2. The summed E-state index contributed by atoms with van der Waals surface area (Å²) in [5.41, 5.74) is 7.21. The molecule has 0 amide bonds. The van der Waals surface area contributed by atoms with Gasteiger partial charge in [0, 0.05) is 7.11 Å². The zero-order chi connectivity index (χ0) is 32.2. The number of phosphoric acid groups is 1. The third-order valence-electron chi connectivity index (χ3n) is 7.43. The number of nitrogen functional groups attached to an aromatic ring is 1. The zero-order valence-corrected chi connectivity index (χ0v) is 25.4. The fourth-order valence-corrected chi connectivity index (χ4v) is 6.62. The van der Waals surface area contributed by atoms with Gasteiger partial charge in [0.1, 0.15) is 55.0 Å². The number of aliphatic hydroxyl groups excluding tert-OH is 2. The van der Waals surface area contributed by atoms with E-state index in [0.29, 0.717) is 11.2 Å². The number of aromatic nitrogens is 10. The van der Waals surface area contributed by atoms with Crippen molar-refractivity contribution in [3.05, 3.63) is 31.6 Å². The minimum absolute atomic E-state index is 0.0628. The number of halogens is 1.